The molecule has 0 atom stereocenters. The summed E-state index contributed by atoms with van der Waals surface area (Å²) in [6, 6.07) is 6.99. The Balaban J connectivity index is 2.31. The second kappa shape index (κ2) is 8.53. The average molecular weight is 280 g/mol. The van der Waals surface area contributed by atoms with Gasteiger partial charge < -0.3 is 15.5 Å². The van der Waals surface area contributed by atoms with E-state index in [1.54, 1.807) is 19.2 Å². The quantitative estimate of drug-likeness (QED) is 0.617. The number of rotatable bonds is 6. The topological polar surface area (TPSA) is 39.7 Å². The number of nitrogens with zero attached hydrogens (tertiary/aromatic N) is 2. The Morgan fingerprint density at radius 1 is 1.25 bits per heavy atom. The maximum atomic E-state index is 12.8. The highest BCUT2D eigenvalue weighted by Gasteiger charge is 2.03. The van der Waals surface area contributed by atoms with E-state index in [2.05, 4.69) is 41.4 Å². The summed E-state index contributed by atoms with van der Waals surface area (Å²) in [7, 11) is 3.84. The second-order valence-corrected chi connectivity index (χ2v) is 5.05. The SMILES string of the molecule is CN=C(NCCN(C)C(C)C)NCc1ccc(F)cc1. The number of benzene rings is 1. The van der Waals surface area contributed by atoms with Crippen LogP contribution in [0, 0.1) is 5.82 Å². The van der Waals surface area contributed by atoms with Crippen LogP contribution in [0.1, 0.15) is 19.4 Å². The molecule has 112 valence electrons. The third-order valence-corrected chi connectivity index (χ3v) is 3.24. The lowest BCUT2D eigenvalue weighted by Crippen LogP contribution is -2.41. The van der Waals surface area contributed by atoms with E-state index in [9.17, 15) is 4.39 Å². The molecule has 0 heterocycles. The summed E-state index contributed by atoms with van der Waals surface area (Å²) in [6.45, 7) is 6.75. The molecule has 4 nitrogen and oxygen atoms in total. The molecule has 0 aliphatic carbocycles. The van der Waals surface area contributed by atoms with Crippen molar-refractivity contribution in [3.8, 4) is 0 Å². The van der Waals surface area contributed by atoms with Crippen molar-refractivity contribution in [3.63, 3.8) is 0 Å². The number of hydrogen-bond acceptors (Lipinski definition) is 2. The van der Waals surface area contributed by atoms with Crippen molar-refractivity contribution >= 4 is 5.96 Å². The zero-order valence-corrected chi connectivity index (χ0v) is 12.8. The van der Waals surface area contributed by atoms with E-state index < -0.39 is 0 Å². The molecular weight excluding hydrogens is 255 g/mol. The summed E-state index contributed by atoms with van der Waals surface area (Å²) in [6.07, 6.45) is 0. The standard InChI is InChI=1S/C15H25FN4/c1-12(2)20(4)10-9-18-15(17-3)19-11-13-5-7-14(16)8-6-13/h5-8,12H,9-11H2,1-4H3,(H2,17,18,19). The van der Waals surface area contributed by atoms with Crippen molar-refractivity contribution in [2.75, 3.05) is 27.2 Å². The van der Waals surface area contributed by atoms with Crippen LogP contribution in [0.3, 0.4) is 0 Å². The summed E-state index contributed by atoms with van der Waals surface area (Å²) in [5.41, 5.74) is 1.02. The number of guanidine groups is 1. The van der Waals surface area contributed by atoms with Gasteiger partial charge in [0.2, 0.25) is 0 Å². The van der Waals surface area contributed by atoms with Gasteiger partial charge in [0.05, 0.1) is 0 Å². The first kappa shape index (κ1) is 16.4. The predicted octanol–water partition coefficient (Wildman–Crippen LogP) is 1.83. The smallest absolute Gasteiger partial charge is 0.191 e. The lowest BCUT2D eigenvalue weighted by atomic mass is 10.2. The van der Waals surface area contributed by atoms with Crippen LogP contribution in [-0.4, -0.2) is 44.1 Å². The van der Waals surface area contributed by atoms with Crippen LogP contribution in [0.2, 0.25) is 0 Å². The summed E-state index contributed by atoms with van der Waals surface area (Å²) in [4.78, 5) is 6.43. The maximum Gasteiger partial charge on any atom is 0.191 e. The Labute approximate surface area is 121 Å². The van der Waals surface area contributed by atoms with Crippen LogP contribution in [-0.2, 0) is 6.54 Å². The van der Waals surface area contributed by atoms with E-state index in [0.717, 1.165) is 24.6 Å². The van der Waals surface area contributed by atoms with E-state index in [1.807, 2.05) is 0 Å². The molecular formula is C15H25FN4. The van der Waals surface area contributed by atoms with Crippen molar-refractivity contribution in [1.82, 2.24) is 15.5 Å². The minimum absolute atomic E-state index is 0.215. The third kappa shape index (κ3) is 6.02. The fraction of sp³-hybridized carbons (Fsp3) is 0.533. The van der Waals surface area contributed by atoms with Crippen molar-refractivity contribution in [2.45, 2.75) is 26.4 Å². The van der Waals surface area contributed by atoms with Crippen LogP contribution in [0.15, 0.2) is 29.3 Å². The fourth-order valence-electron chi connectivity index (χ4n) is 1.62. The van der Waals surface area contributed by atoms with Crippen molar-refractivity contribution in [1.29, 1.82) is 0 Å². The largest absolute Gasteiger partial charge is 0.355 e. The van der Waals surface area contributed by atoms with Gasteiger partial charge in [-0.15, -0.1) is 0 Å². The monoisotopic (exact) mass is 280 g/mol. The Morgan fingerprint density at radius 2 is 1.90 bits per heavy atom. The highest BCUT2D eigenvalue weighted by atomic mass is 19.1. The van der Waals surface area contributed by atoms with Gasteiger partial charge in [0.25, 0.3) is 0 Å². The summed E-state index contributed by atoms with van der Waals surface area (Å²) in [5, 5.41) is 6.47. The third-order valence-electron chi connectivity index (χ3n) is 3.24. The van der Waals surface area contributed by atoms with Gasteiger partial charge in [0, 0.05) is 32.7 Å². The van der Waals surface area contributed by atoms with Gasteiger partial charge in [-0.05, 0) is 38.6 Å². The van der Waals surface area contributed by atoms with Crippen LogP contribution in [0.25, 0.3) is 0 Å². The molecule has 0 amide bonds. The Kier molecular flexibility index (Phi) is 7.01. The molecule has 2 N–H and O–H groups in total. The van der Waals surface area contributed by atoms with E-state index in [0.29, 0.717) is 12.6 Å². The van der Waals surface area contributed by atoms with Gasteiger partial charge in [-0.3, -0.25) is 4.99 Å². The van der Waals surface area contributed by atoms with Gasteiger partial charge in [0.15, 0.2) is 5.96 Å². The summed E-state index contributed by atoms with van der Waals surface area (Å²) < 4.78 is 12.8. The molecule has 5 heteroatoms. The molecule has 1 aromatic rings. The van der Waals surface area contributed by atoms with Gasteiger partial charge in [-0.25, -0.2) is 4.39 Å². The molecule has 0 radical (unpaired) electrons. The number of hydrogen-bond donors (Lipinski definition) is 2. The Morgan fingerprint density at radius 3 is 2.45 bits per heavy atom. The molecule has 0 aliphatic heterocycles. The first-order valence-corrected chi connectivity index (χ1v) is 6.92. The Hall–Kier alpha value is -1.62. The van der Waals surface area contributed by atoms with Gasteiger partial charge in [-0.2, -0.15) is 0 Å². The summed E-state index contributed by atoms with van der Waals surface area (Å²) in [5.74, 6) is 0.541. The zero-order chi connectivity index (χ0) is 15.0. The maximum absolute atomic E-state index is 12.8. The molecule has 0 bridgehead atoms. The number of nitrogens with one attached hydrogen (secondary N) is 2. The first-order chi connectivity index (χ1) is 9.52. The van der Waals surface area contributed by atoms with Crippen molar-refractivity contribution in [2.24, 2.45) is 4.99 Å². The van der Waals surface area contributed by atoms with Gasteiger partial charge in [-0.1, -0.05) is 12.1 Å². The molecule has 0 aliphatic rings. The van der Waals surface area contributed by atoms with Crippen LogP contribution in [0.5, 0.6) is 0 Å². The number of halogens is 1. The van der Waals surface area contributed by atoms with Crippen LogP contribution < -0.4 is 10.6 Å². The molecule has 1 rings (SSSR count). The van der Waals surface area contributed by atoms with E-state index >= 15 is 0 Å². The lowest BCUT2D eigenvalue weighted by molar-refractivity contribution is 0.278. The van der Waals surface area contributed by atoms with Crippen molar-refractivity contribution < 1.29 is 4.39 Å². The van der Waals surface area contributed by atoms with E-state index in [4.69, 9.17) is 0 Å². The molecule has 0 aromatic heterocycles. The first-order valence-electron chi connectivity index (χ1n) is 6.92. The van der Waals surface area contributed by atoms with Gasteiger partial charge >= 0.3 is 0 Å². The zero-order valence-electron chi connectivity index (χ0n) is 12.8. The molecule has 20 heavy (non-hydrogen) atoms. The highest BCUT2D eigenvalue weighted by Crippen LogP contribution is 2.01. The average Bonchev–Trinajstić information content (AvgIpc) is 2.44. The lowest BCUT2D eigenvalue weighted by Gasteiger charge is -2.21. The second-order valence-electron chi connectivity index (χ2n) is 5.05. The molecule has 0 spiro atoms. The predicted molar refractivity (Wildman–Crippen MR) is 82.4 cm³/mol. The molecule has 0 saturated carbocycles. The molecule has 1 aromatic carbocycles. The van der Waals surface area contributed by atoms with Gasteiger partial charge in [0.1, 0.15) is 5.82 Å². The van der Waals surface area contributed by atoms with E-state index in [-0.39, 0.29) is 5.82 Å². The van der Waals surface area contributed by atoms with E-state index in [1.165, 1.54) is 12.1 Å². The minimum Gasteiger partial charge on any atom is -0.355 e. The molecule has 0 saturated heterocycles. The Bertz CT molecular complexity index is 414. The number of likely N-dealkylation sites (N-methyl/N-ethyl adjacent to an activating group) is 1. The molecule has 0 unspecified atom stereocenters. The number of aliphatic imine (C=N–C) groups is 1. The normalized spacial score (nSPS) is 12.1. The summed E-state index contributed by atoms with van der Waals surface area (Å²) >= 11 is 0. The van der Waals surface area contributed by atoms with Crippen molar-refractivity contribution in [3.05, 3.63) is 35.6 Å². The van der Waals surface area contributed by atoms with Crippen LogP contribution in [0.4, 0.5) is 4.39 Å². The minimum atomic E-state index is -0.215. The molecule has 0 fully saturated rings. The highest BCUT2D eigenvalue weighted by molar-refractivity contribution is 5.79. The van der Waals surface area contributed by atoms with Crippen LogP contribution >= 0.6 is 0 Å². The fourth-order valence-corrected chi connectivity index (χ4v) is 1.62.